The van der Waals surface area contributed by atoms with Crippen molar-refractivity contribution < 1.29 is 13.6 Å². The molecule has 2 heterocycles. The molecule has 1 amide bonds. The Balaban J connectivity index is 1.55. The number of aromatic nitrogens is 4. The zero-order chi connectivity index (χ0) is 19.0. The largest absolute Gasteiger partial charge is 0.350 e. The van der Waals surface area contributed by atoms with E-state index in [4.69, 9.17) is 0 Å². The van der Waals surface area contributed by atoms with Crippen LogP contribution in [-0.2, 0) is 26.3 Å². The lowest BCUT2D eigenvalue weighted by Crippen LogP contribution is -2.27. The van der Waals surface area contributed by atoms with Crippen molar-refractivity contribution in [1.29, 1.82) is 0 Å². The molecule has 140 valence electrons. The maximum Gasteiger partial charge on any atom is 0.272 e. The predicted octanol–water partition coefficient (Wildman–Crippen LogP) is 2.35. The summed E-state index contributed by atoms with van der Waals surface area (Å²) in [6.07, 6.45) is 6.59. The first kappa shape index (κ1) is 17.4. The highest BCUT2D eigenvalue weighted by Gasteiger charge is 2.27. The number of hydrogen-bond donors (Lipinski definition) is 1. The van der Waals surface area contributed by atoms with Crippen LogP contribution in [0.25, 0.3) is 5.69 Å². The first-order valence-corrected chi connectivity index (χ1v) is 8.85. The first-order chi connectivity index (χ1) is 13.0. The SMILES string of the molecule is Cn1ccnc1CCNC(=O)c1nn(-c2ccc(F)c(F)c2)c2c1CCC2. The predicted molar refractivity (Wildman–Crippen MR) is 94.8 cm³/mol. The average molecular weight is 371 g/mol. The molecule has 0 radical (unpaired) electrons. The Labute approximate surface area is 154 Å². The molecule has 0 unspecified atom stereocenters. The van der Waals surface area contributed by atoms with E-state index in [1.807, 2.05) is 17.8 Å². The molecule has 1 aliphatic rings. The summed E-state index contributed by atoms with van der Waals surface area (Å²) in [5.41, 5.74) is 2.54. The molecular weight excluding hydrogens is 352 g/mol. The van der Waals surface area contributed by atoms with E-state index < -0.39 is 11.6 Å². The van der Waals surface area contributed by atoms with Crippen molar-refractivity contribution in [2.45, 2.75) is 25.7 Å². The van der Waals surface area contributed by atoms with E-state index in [0.717, 1.165) is 48.5 Å². The summed E-state index contributed by atoms with van der Waals surface area (Å²) in [5.74, 6) is -1.22. The lowest BCUT2D eigenvalue weighted by Gasteiger charge is -2.06. The first-order valence-electron chi connectivity index (χ1n) is 8.85. The van der Waals surface area contributed by atoms with E-state index in [2.05, 4.69) is 15.4 Å². The standard InChI is InChI=1S/C19H19F2N5O/c1-25-10-9-22-17(25)7-8-23-19(27)18-13-3-2-4-16(13)26(24-18)12-5-6-14(20)15(21)11-12/h5-6,9-11H,2-4,7-8H2,1H3,(H,23,27). The van der Waals surface area contributed by atoms with Gasteiger partial charge in [0, 0.05) is 49.7 Å². The lowest BCUT2D eigenvalue weighted by atomic mass is 10.2. The summed E-state index contributed by atoms with van der Waals surface area (Å²) < 4.78 is 30.3. The number of nitrogens with zero attached hydrogens (tertiary/aromatic N) is 4. The van der Waals surface area contributed by atoms with Crippen molar-refractivity contribution in [2.75, 3.05) is 6.54 Å². The molecular formula is C19H19F2N5O. The summed E-state index contributed by atoms with van der Waals surface area (Å²) in [4.78, 5) is 16.9. The van der Waals surface area contributed by atoms with E-state index in [1.54, 1.807) is 10.9 Å². The minimum atomic E-state index is -0.934. The normalized spacial score (nSPS) is 13.0. The summed E-state index contributed by atoms with van der Waals surface area (Å²) in [5, 5.41) is 7.28. The van der Waals surface area contributed by atoms with Crippen LogP contribution in [0.1, 0.15) is 34.0 Å². The van der Waals surface area contributed by atoms with Crippen LogP contribution in [-0.4, -0.2) is 31.8 Å². The molecule has 1 N–H and O–H groups in total. The number of aryl methyl sites for hydroxylation is 1. The molecule has 8 heteroatoms. The third-order valence-electron chi connectivity index (χ3n) is 4.85. The quantitative estimate of drug-likeness (QED) is 0.749. The highest BCUT2D eigenvalue weighted by molar-refractivity contribution is 5.94. The zero-order valence-corrected chi connectivity index (χ0v) is 14.9. The van der Waals surface area contributed by atoms with Crippen LogP contribution < -0.4 is 5.32 Å². The van der Waals surface area contributed by atoms with Gasteiger partial charge in [0.05, 0.1) is 5.69 Å². The second-order valence-electron chi connectivity index (χ2n) is 6.60. The summed E-state index contributed by atoms with van der Waals surface area (Å²) in [7, 11) is 1.90. The van der Waals surface area contributed by atoms with Crippen molar-refractivity contribution in [3.8, 4) is 5.69 Å². The van der Waals surface area contributed by atoms with Gasteiger partial charge in [-0.1, -0.05) is 0 Å². The number of rotatable bonds is 5. The van der Waals surface area contributed by atoms with Gasteiger partial charge in [-0.15, -0.1) is 0 Å². The third-order valence-corrected chi connectivity index (χ3v) is 4.85. The van der Waals surface area contributed by atoms with Crippen LogP contribution in [0.5, 0.6) is 0 Å². The van der Waals surface area contributed by atoms with Gasteiger partial charge in [0.2, 0.25) is 0 Å². The van der Waals surface area contributed by atoms with Crippen LogP contribution in [0.3, 0.4) is 0 Å². The Morgan fingerprint density at radius 1 is 1.26 bits per heavy atom. The van der Waals surface area contributed by atoms with Crippen LogP contribution in [0, 0.1) is 11.6 Å². The summed E-state index contributed by atoms with van der Waals surface area (Å²) in [6, 6.07) is 3.64. The lowest BCUT2D eigenvalue weighted by molar-refractivity contribution is 0.0947. The molecule has 0 bridgehead atoms. The number of amides is 1. The maximum atomic E-state index is 13.6. The second kappa shape index (κ2) is 6.94. The number of imidazole rings is 1. The van der Waals surface area contributed by atoms with Crippen molar-refractivity contribution in [2.24, 2.45) is 7.05 Å². The van der Waals surface area contributed by atoms with Gasteiger partial charge in [-0.25, -0.2) is 18.4 Å². The molecule has 3 aromatic rings. The molecule has 6 nitrogen and oxygen atoms in total. The molecule has 1 aromatic carbocycles. The number of carbonyl (C=O) groups excluding carboxylic acids is 1. The molecule has 0 atom stereocenters. The third kappa shape index (κ3) is 3.22. The van der Waals surface area contributed by atoms with Gasteiger partial charge in [-0.3, -0.25) is 4.79 Å². The summed E-state index contributed by atoms with van der Waals surface area (Å²) >= 11 is 0. The van der Waals surface area contributed by atoms with Gasteiger partial charge in [-0.2, -0.15) is 5.10 Å². The Bertz CT molecular complexity index is 1010. The van der Waals surface area contributed by atoms with E-state index in [-0.39, 0.29) is 5.91 Å². The average Bonchev–Trinajstić information content (AvgIpc) is 3.34. The monoisotopic (exact) mass is 371 g/mol. The fourth-order valence-electron chi connectivity index (χ4n) is 3.46. The number of fused-ring (bicyclic) bond motifs is 1. The summed E-state index contributed by atoms with van der Waals surface area (Å²) in [6.45, 7) is 0.441. The maximum absolute atomic E-state index is 13.6. The van der Waals surface area contributed by atoms with Crippen molar-refractivity contribution in [3.05, 3.63) is 65.0 Å². The molecule has 0 aliphatic heterocycles. The fourth-order valence-corrected chi connectivity index (χ4v) is 3.46. The van der Waals surface area contributed by atoms with Crippen molar-refractivity contribution >= 4 is 5.91 Å². The number of hydrogen-bond acceptors (Lipinski definition) is 3. The minimum absolute atomic E-state index is 0.260. The minimum Gasteiger partial charge on any atom is -0.350 e. The van der Waals surface area contributed by atoms with E-state index >= 15 is 0 Å². The number of halogens is 2. The van der Waals surface area contributed by atoms with E-state index in [0.29, 0.717) is 24.3 Å². The number of carbonyl (C=O) groups is 1. The smallest absolute Gasteiger partial charge is 0.272 e. The highest BCUT2D eigenvalue weighted by Crippen LogP contribution is 2.28. The molecule has 27 heavy (non-hydrogen) atoms. The van der Waals surface area contributed by atoms with Gasteiger partial charge < -0.3 is 9.88 Å². The Hall–Kier alpha value is -3.03. The Morgan fingerprint density at radius 2 is 2.11 bits per heavy atom. The molecule has 0 fully saturated rings. The second-order valence-corrected chi connectivity index (χ2v) is 6.60. The Kier molecular flexibility index (Phi) is 4.47. The molecule has 4 rings (SSSR count). The number of benzene rings is 1. The van der Waals surface area contributed by atoms with Crippen LogP contribution in [0.4, 0.5) is 8.78 Å². The van der Waals surface area contributed by atoms with Crippen molar-refractivity contribution in [3.63, 3.8) is 0 Å². The topological polar surface area (TPSA) is 64.7 Å². The molecule has 0 spiro atoms. The van der Waals surface area contributed by atoms with E-state index in [1.165, 1.54) is 6.07 Å². The van der Waals surface area contributed by atoms with Gasteiger partial charge in [-0.05, 0) is 31.4 Å². The molecule has 0 saturated carbocycles. The van der Waals surface area contributed by atoms with Crippen LogP contribution >= 0.6 is 0 Å². The molecule has 2 aromatic heterocycles. The van der Waals surface area contributed by atoms with Gasteiger partial charge >= 0.3 is 0 Å². The van der Waals surface area contributed by atoms with Crippen molar-refractivity contribution in [1.82, 2.24) is 24.6 Å². The van der Waals surface area contributed by atoms with Crippen LogP contribution in [0.15, 0.2) is 30.6 Å². The van der Waals surface area contributed by atoms with Gasteiger partial charge in [0.15, 0.2) is 17.3 Å². The van der Waals surface area contributed by atoms with Gasteiger partial charge in [0.1, 0.15) is 5.82 Å². The van der Waals surface area contributed by atoms with Gasteiger partial charge in [0.25, 0.3) is 5.91 Å². The van der Waals surface area contributed by atoms with E-state index in [9.17, 15) is 13.6 Å². The molecule has 0 saturated heterocycles. The molecule has 1 aliphatic carbocycles. The fraction of sp³-hybridized carbons (Fsp3) is 0.316. The highest BCUT2D eigenvalue weighted by atomic mass is 19.2. The zero-order valence-electron chi connectivity index (χ0n) is 14.9. The number of nitrogens with one attached hydrogen (secondary N) is 1. The Morgan fingerprint density at radius 3 is 2.85 bits per heavy atom. The van der Waals surface area contributed by atoms with Crippen LogP contribution in [0.2, 0.25) is 0 Å².